The molecule has 1 heterocycles. The van der Waals surface area contributed by atoms with Crippen LogP contribution in [0, 0.1) is 0 Å². The highest BCUT2D eigenvalue weighted by molar-refractivity contribution is 5.89. The molecule has 0 aliphatic heterocycles. The molecule has 0 aromatic carbocycles. The predicted octanol–water partition coefficient (Wildman–Crippen LogP) is 0.678. The Morgan fingerprint density at radius 2 is 2.27 bits per heavy atom. The molecule has 0 atom stereocenters. The van der Waals surface area contributed by atoms with Crippen molar-refractivity contribution < 1.29 is 14.7 Å². The molecule has 0 fully saturated rings. The van der Waals surface area contributed by atoms with E-state index in [1.165, 1.54) is 6.20 Å². The quantitative estimate of drug-likeness (QED) is 0.679. The first-order valence-corrected chi connectivity index (χ1v) is 4.35. The van der Waals surface area contributed by atoms with Gasteiger partial charge in [-0.15, -0.1) is 0 Å². The van der Waals surface area contributed by atoms with Gasteiger partial charge in [0.2, 0.25) is 0 Å². The second kappa shape index (κ2) is 5.58. The summed E-state index contributed by atoms with van der Waals surface area (Å²) in [5, 5.41) is 13.2. The molecule has 1 aromatic rings. The summed E-state index contributed by atoms with van der Waals surface area (Å²) < 4.78 is 0. The molecular formula is C9H11N3O3. The van der Waals surface area contributed by atoms with Crippen molar-refractivity contribution in [3.63, 3.8) is 0 Å². The molecule has 0 spiro atoms. The maximum Gasteiger partial charge on any atom is 0.319 e. The van der Waals surface area contributed by atoms with E-state index < -0.39 is 12.0 Å². The third-order valence-electron chi connectivity index (χ3n) is 1.54. The highest BCUT2D eigenvalue weighted by Gasteiger charge is 2.02. The molecule has 6 nitrogen and oxygen atoms in total. The van der Waals surface area contributed by atoms with Crippen LogP contribution in [0.2, 0.25) is 0 Å². The summed E-state index contributed by atoms with van der Waals surface area (Å²) >= 11 is 0. The number of hydrogen-bond acceptors (Lipinski definition) is 3. The molecule has 15 heavy (non-hydrogen) atoms. The van der Waals surface area contributed by atoms with Crippen molar-refractivity contribution in [3.05, 3.63) is 24.5 Å². The Morgan fingerprint density at radius 3 is 2.87 bits per heavy atom. The average Bonchev–Trinajstić information content (AvgIpc) is 2.18. The van der Waals surface area contributed by atoms with Crippen molar-refractivity contribution in [2.45, 2.75) is 6.42 Å². The third-order valence-corrected chi connectivity index (χ3v) is 1.54. The van der Waals surface area contributed by atoms with E-state index >= 15 is 0 Å². The number of carbonyl (C=O) groups is 2. The topological polar surface area (TPSA) is 91.3 Å². The van der Waals surface area contributed by atoms with Crippen molar-refractivity contribution in [1.82, 2.24) is 10.3 Å². The molecule has 1 aromatic heterocycles. The van der Waals surface area contributed by atoms with Crippen LogP contribution in [0.4, 0.5) is 10.5 Å². The van der Waals surface area contributed by atoms with E-state index in [0.29, 0.717) is 5.69 Å². The Labute approximate surface area is 86.3 Å². The number of aliphatic carboxylic acids is 1. The molecular weight excluding hydrogens is 198 g/mol. The number of rotatable bonds is 4. The fraction of sp³-hybridized carbons (Fsp3) is 0.222. The minimum Gasteiger partial charge on any atom is -0.481 e. The van der Waals surface area contributed by atoms with Crippen LogP contribution in [0.15, 0.2) is 24.5 Å². The van der Waals surface area contributed by atoms with Gasteiger partial charge in [0.05, 0.1) is 18.3 Å². The highest BCUT2D eigenvalue weighted by atomic mass is 16.4. The molecule has 0 bridgehead atoms. The van der Waals surface area contributed by atoms with Crippen molar-refractivity contribution in [3.8, 4) is 0 Å². The van der Waals surface area contributed by atoms with Crippen molar-refractivity contribution in [1.29, 1.82) is 0 Å². The maximum atomic E-state index is 11.2. The molecule has 0 radical (unpaired) electrons. The van der Waals surface area contributed by atoms with Crippen LogP contribution < -0.4 is 10.6 Å². The van der Waals surface area contributed by atoms with E-state index in [0.717, 1.165) is 0 Å². The van der Waals surface area contributed by atoms with Crippen LogP contribution in [-0.4, -0.2) is 28.6 Å². The zero-order chi connectivity index (χ0) is 11.1. The van der Waals surface area contributed by atoms with Gasteiger partial charge in [0.1, 0.15) is 0 Å². The summed E-state index contributed by atoms with van der Waals surface area (Å²) in [7, 11) is 0. The summed E-state index contributed by atoms with van der Waals surface area (Å²) in [6.07, 6.45) is 2.99. The average molecular weight is 209 g/mol. The van der Waals surface area contributed by atoms with Crippen LogP contribution in [-0.2, 0) is 4.79 Å². The number of carboxylic acids is 1. The van der Waals surface area contributed by atoms with Gasteiger partial charge in [-0.2, -0.15) is 0 Å². The number of carbonyl (C=O) groups excluding carboxylic acids is 1. The maximum absolute atomic E-state index is 11.2. The number of nitrogens with zero attached hydrogens (tertiary/aromatic N) is 1. The van der Waals surface area contributed by atoms with Gasteiger partial charge in [-0.25, -0.2) is 4.79 Å². The molecule has 0 unspecified atom stereocenters. The molecule has 0 aliphatic carbocycles. The van der Waals surface area contributed by atoms with Gasteiger partial charge in [-0.05, 0) is 12.1 Å². The molecule has 3 N–H and O–H groups in total. The molecule has 2 amide bonds. The van der Waals surface area contributed by atoms with Gasteiger partial charge >= 0.3 is 12.0 Å². The summed E-state index contributed by atoms with van der Waals surface area (Å²) in [6.45, 7) is 0.0986. The van der Waals surface area contributed by atoms with E-state index in [2.05, 4.69) is 15.6 Å². The summed E-state index contributed by atoms with van der Waals surface area (Å²) in [4.78, 5) is 25.1. The van der Waals surface area contributed by atoms with Gasteiger partial charge in [0.15, 0.2) is 0 Å². The summed E-state index contributed by atoms with van der Waals surface area (Å²) in [6, 6.07) is 2.93. The Bertz CT molecular complexity index is 340. The van der Waals surface area contributed by atoms with Crippen LogP contribution in [0.25, 0.3) is 0 Å². The molecule has 6 heteroatoms. The third kappa shape index (κ3) is 4.61. The second-order valence-corrected chi connectivity index (χ2v) is 2.77. The number of amides is 2. The number of nitrogens with one attached hydrogen (secondary N) is 2. The summed E-state index contributed by atoms with van der Waals surface area (Å²) in [5.41, 5.74) is 0.560. The van der Waals surface area contributed by atoms with Gasteiger partial charge in [-0.3, -0.25) is 9.78 Å². The van der Waals surface area contributed by atoms with Crippen molar-refractivity contribution in [2.24, 2.45) is 0 Å². The lowest BCUT2D eigenvalue weighted by molar-refractivity contribution is -0.136. The van der Waals surface area contributed by atoms with Crippen molar-refractivity contribution in [2.75, 3.05) is 11.9 Å². The number of hydrogen-bond donors (Lipinski definition) is 3. The van der Waals surface area contributed by atoms with Crippen LogP contribution in [0.5, 0.6) is 0 Å². The summed E-state index contributed by atoms with van der Waals surface area (Å²) in [5.74, 6) is -0.948. The van der Waals surface area contributed by atoms with Gasteiger partial charge in [0, 0.05) is 12.7 Å². The lowest BCUT2D eigenvalue weighted by atomic mass is 10.4. The number of pyridine rings is 1. The molecule has 0 aliphatic rings. The monoisotopic (exact) mass is 209 g/mol. The van der Waals surface area contributed by atoms with E-state index in [1.807, 2.05) is 0 Å². The lowest BCUT2D eigenvalue weighted by Crippen LogP contribution is -2.30. The normalized spacial score (nSPS) is 9.33. The SMILES string of the molecule is O=C(O)CCNC(=O)Nc1cccnc1. The van der Waals surface area contributed by atoms with E-state index in [4.69, 9.17) is 5.11 Å². The zero-order valence-corrected chi connectivity index (χ0v) is 7.93. The van der Waals surface area contributed by atoms with Gasteiger partial charge in [0.25, 0.3) is 0 Å². The number of anilines is 1. The fourth-order valence-electron chi connectivity index (χ4n) is 0.895. The molecule has 0 saturated carbocycles. The van der Waals surface area contributed by atoms with Crippen LogP contribution >= 0.6 is 0 Å². The highest BCUT2D eigenvalue weighted by Crippen LogP contribution is 2.01. The smallest absolute Gasteiger partial charge is 0.319 e. The van der Waals surface area contributed by atoms with Crippen molar-refractivity contribution >= 4 is 17.7 Å². The minimum absolute atomic E-state index is 0.0968. The van der Waals surface area contributed by atoms with Gasteiger partial charge < -0.3 is 15.7 Å². The lowest BCUT2D eigenvalue weighted by Gasteiger charge is -2.05. The van der Waals surface area contributed by atoms with E-state index in [9.17, 15) is 9.59 Å². The first-order chi connectivity index (χ1) is 7.18. The minimum atomic E-state index is -0.948. The Morgan fingerprint density at radius 1 is 1.47 bits per heavy atom. The fourth-order valence-corrected chi connectivity index (χ4v) is 0.895. The predicted molar refractivity (Wildman–Crippen MR) is 53.5 cm³/mol. The molecule has 0 saturated heterocycles. The number of urea groups is 1. The second-order valence-electron chi connectivity index (χ2n) is 2.77. The first kappa shape index (κ1) is 11.0. The van der Waals surface area contributed by atoms with E-state index in [-0.39, 0.29) is 13.0 Å². The largest absolute Gasteiger partial charge is 0.481 e. The standard InChI is InChI=1S/C9H11N3O3/c13-8(14)3-5-11-9(15)12-7-2-1-4-10-6-7/h1-2,4,6H,3,5H2,(H,13,14)(H2,11,12,15). The number of carboxylic acid groups (broad SMARTS) is 1. The Hall–Kier alpha value is -2.11. The van der Waals surface area contributed by atoms with Crippen LogP contribution in [0.3, 0.4) is 0 Å². The van der Waals surface area contributed by atoms with Crippen LogP contribution in [0.1, 0.15) is 6.42 Å². The molecule has 1 rings (SSSR count). The zero-order valence-electron chi connectivity index (χ0n) is 7.93. The van der Waals surface area contributed by atoms with E-state index in [1.54, 1.807) is 18.3 Å². The number of aromatic nitrogens is 1. The Kier molecular flexibility index (Phi) is 4.08. The Balaban J connectivity index is 2.28. The van der Waals surface area contributed by atoms with Gasteiger partial charge in [-0.1, -0.05) is 0 Å². The first-order valence-electron chi connectivity index (χ1n) is 4.35. The molecule has 80 valence electrons.